The highest BCUT2D eigenvalue weighted by Crippen LogP contribution is 2.76. The van der Waals surface area contributed by atoms with E-state index in [0.717, 1.165) is 77.0 Å². The van der Waals surface area contributed by atoms with Crippen LogP contribution in [-0.2, 0) is 77.6 Å². The maximum Gasteiger partial charge on any atom is 0.187 e. The van der Waals surface area contributed by atoms with Gasteiger partial charge in [0, 0.05) is 12.8 Å². The highest BCUT2D eigenvalue weighted by molar-refractivity contribution is 5.19. The third-order valence-electron chi connectivity index (χ3n) is 18.9. The maximum absolute atomic E-state index is 7.53. The summed E-state index contributed by atoms with van der Waals surface area (Å²) in [5, 5.41) is 0. The maximum atomic E-state index is 7.53. The Morgan fingerprint density at radius 2 is 1.16 bits per heavy atom. The first-order valence-electron chi connectivity index (χ1n) is 30.4. The van der Waals surface area contributed by atoms with Gasteiger partial charge in [-0.1, -0.05) is 94.7 Å². The first-order chi connectivity index (χ1) is 36.6. The Bertz CT molecular complexity index is 1670. The lowest BCUT2D eigenvalue weighted by atomic mass is 9.35. The summed E-state index contributed by atoms with van der Waals surface area (Å²) in [5.74, 6) is 2.42. The van der Waals surface area contributed by atoms with Gasteiger partial charge in [0.1, 0.15) is 31.5 Å². The van der Waals surface area contributed by atoms with Crippen LogP contribution in [0.5, 0.6) is 0 Å². The molecule has 0 spiro atoms. The lowest BCUT2D eigenvalue weighted by molar-refractivity contribution is -0.464. The zero-order valence-electron chi connectivity index (χ0n) is 49.9. The third-order valence-corrected chi connectivity index (χ3v) is 18.9. The van der Waals surface area contributed by atoms with Crippen molar-refractivity contribution in [2.75, 3.05) is 52.9 Å². The van der Waals surface area contributed by atoms with Gasteiger partial charge in [0.15, 0.2) is 24.8 Å². The van der Waals surface area contributed by atoms with E-state index >= 15 is 0 Å². The molecular weight excluding hydrogens is 977 g/mol. The van der Waals surface area contributed by atoms with Gasteiger partial charge >= 0.3 is 0 Å². The van der Waals surface area contributed by atoms with Crippen LogP contribution in [0.15, 0.2) is 11.6 Å². The van der Waals surface area contributed by atoms with Gasteiger partial charge in [-0.05, 0) is 161 Å². The van der Waals surface area contributed by atoms with E-state index in [1.807, 2.05) is 34.6 Å². The van der Waals surface area contributed by atoms with Crippen LogP contribution in [0.1, 0.15) is 206 Å². The number of fused-ring (bicyclic) bond motifs is 5. The summed E-state index contributed by atoms with van der Waals surface area (Å²) in [6, 6.07) is 0. The van der Waals surface area contributed by atoms with Crippen molar-refractivity contribution in [2.24, 2.45) is 51.2 Å². The largest absolute Gasteiger partial charge is 0.347 e. The Morgan fingerprint density at radius 1 is 0.566 bits per heavy atom. The van der Waals surface area contributed by atoms with Crippen LogP contribution in [0.3, 0.4) is 0 Å². The molecule has 0 N–H and O–H groups in total. The van der Waals surface area contributed by atoms with Gasteiger partial charge in [-0.3, -0.25) is 0 Å². The Labute approximate surface area is 459 Å². The molecule has 0 aromatic carbocycles. The second kappa shape index (κ2) is 31.0. The highest BCUT2D eigenvalue weighted by Gasteiger charge is 2.71. The summed E-state index contributed by atoms with van der Waals surface area (Å²) in [6.07, 6.45) is 11.7. The molecule has 6 rings (SSSR count). The van der Waals surface area contributed by atoms with Gasteiger partial charge in [-0.15, -0.1) is 0 Å². The van der Waals surface area contributed by atoms with Crippen molar-refractivity contribution in [2.45, 2.75) is 267 Å². The number of allylic oxidation sites excluding steroid dienone is 2. The lowest BCUT2D eigenvalue weighted by Gasteiger charge is -2.70. The van der Waals surface area contributed by atoms with Gasteiger partial charge in [-0.25, -0.2) is 58.7 Å². The van der Waals surface area contributed by atoms with Crippen LogP contribution in [0.25, 0.3) is 0 Å². The van der Waals surface area contributed by atoms with Gasteiger partial charge < -0.3 is 18.9 Å². The SMILES string of the molecule is CCCOOC[C@@H]1C[C@H](OOCCC)CC(O[C@H]2[C@H](OC3CC[C@]4(C)C(CC[C@@]5(C)C4C[C@H](OOCCC)C4C([C@H](C)CCC=C(C)C)CC[C@@]45C)C3(C)C)O[C@H](COOCCC)[C@@H](OOCCC)[C@@H]2OOCCC)O1. The fourth-order valence-electron chi connectivity index (χ4n) is 15.0. The summed E-state index contributed by atoms with van der Waals surface area (Å²) >= 11 is 0. The van der Waals surface area contributed by atoms with Crippen molar-refractivity contribution in [3.05, 3.63) is 11.6 Å². The monoisotopic (exact) mass is 1080 g/mol. The van der Waals surface area contributed by atoms with Crippen LogP contribution >= 0.6 is 0 Å². The Balaban J connectivity index is 1.32. The van der Waals surface area contributed by atoms with Crippen molar-refractivity contribution in [1.82, 2.24) is 0 Å². The van der Waals surface area contributed by atoms with Crippen molar-refractivity contribution in [3.8, 4) is 0 Å². The molecule has 16 heteroatoms. The highest BCUT2D eigenvalue weighted by atomic mass is 17.2. The van der Waals surface area contributed by atoms with Crippen molar-refractivity contribution in [1.29, 1.82) is 0 Å². The molecule has 6 fully saturated rings. The van der Waals surface area contributed by atoms with Gasteiger partial charge in [-0.2, -0.15) is 0 Å². The van der Waals surface area contributed by atoms with Crippen molar-refractivity contribution < 1.29 is 77.6 Å². The van der Waals surface area contributed by atoms with Crippen LogP contribution in [-0.4, -0.2) is 114 Å². The predicted molar refractivity (Wildman–Crippen MR) is 287 cm³/mol. The van der Waals surface area contributed by atoms with Crippen molar-refractivity contribution >= 4 is 0 Å². The average Bonchev–Trinajstić information content (AvgIpc) is 3.93. The molecule has 2 aliphatic heterocycles. The zero-order chi connectivity index (χ0) is 54.9. The Hall–Kier alpha value is -0.900. The summed E-state index contributed by atoms with van der Waals surface area (Å²) in [5.41, 5.74) is 1.38. The van der Waals surface area contributed by atoms with Gasteiger partial charge in [0.2, 0.25) is 0 Å². The van der Waals surface area contributed by atoms with E-state index in [4.69, 9.17) is 77.6 Å². The molecule has 0 aromatic heterocycles. The summed E-state index contributed by atoms with van der Waals surface area (Å²) in [4.78, 5) is 71.4. The quantitative estimate of drug-likeness (QED) is 0.0198. The van der Waals surface area contributed by atoms with Gasteiger partial charge in [0.05, 0.1) is 58.0 Å². The van der Waals surface area contributed by atoms with Crippen LogP contribution in [0.2, 0.25) is 0 Å². The number of rotatable bonds is 34. The second-order valence-electron chi connectivity index (χ2n) is 25.0. The molecule has 444 valence electrons. The average molecular weight is 1090 g/mol. The van der Waals surface area contributed by atoms with Crippen LogP contribution in [0.4, 0.5) is 0 Å². The zero-order valence-corrected chi connectivity index (χ0v) is 49.9. The standard InChI is InChI=1S/C60H108O16/c1-15-30-61-67-39-44-36-43(73-63-32-17-3)37-51(69-44)72-55-54(76-66-35-20-6)53(75-65-34-19-5)47(40-68-62-31-16-2)70-56(55)71-50-26-27-58(12)48(57(50,10)11)25-29-59(13)49(58)38-46(74-64-33-18-4)52-45(24-28-60(52,59)14)42(9)23-21-22-41(7)8/h22,42-56H,15-21,23-40H2,1-14H3/t42-,43+,44+,45?,46+,47-,48?,49?,50?,51?,52?,53-,54+,55-,56+,58-,59+,60+/m1/s1. The van der Waals surface area contributed by atoms with Gasteiger partial charge in [0.25, 0.3) is 0 Å². The van der Waals surface area contributed by atoms with E-state index in [2.05, 4.69) is 68.4 Å². The van der Waals surface area contributed by atoms with Crippen molar-refractivity contribution in [3.63, 3.8) is 0 Å². The summed E-state index contributed by atoms with van der Waals surface area (Å²) < 4.78 is 28.4. The molecule has 76 heavy (non-hydrogen) atoms. The lowest BCUT2D eigenvalue weighted by Crippen LogP contribution is -2.67. The topological polar surface area (TPSA) is 148 Å². The van der Waals surface area contributed by atoms with Crippen LogP contribution < -0.4 is 0 Å². The molecule has 16 nitrogen and oxygen atoms in total. The minimum absolute atomic E-state index is 0.0111. The molecule has 0 aromatic rings. The fourth-order valence-corrected chi connectivity index (χ4v) is 15.0. The smallest absolute Gasteiger partial charge is 0.187 e. The molecule has 2 heterocycles. The first-order valence-corrected chi connectivity index (χ1v) is 30.4. The fraction of sp³-hybridized carbons (Fsp3) is 0.967. The molecule has 0 amide bonds. The van der Waals surface area contributed by atoms with E-state index in [1.165, 1.54) is 24.8 Å². The minimum Gasteiger partial charge on any atom is -0.347 e. The summed E-state index contributed by atoms with van der Waals surface area (Å²) in [6.45, 7) is 34.8. The molecule has 2 saturated heterocycles. The minimum atomic E-state index is -0.982. The number of hydrogen-bond acceptors (Lipinski definition) is 16. The molecule has 6 unspecified atom stereocenters. The Morgan fingerprint density at radius 3 is 1.80 bits per heavy atom. The molecule has 18 atom stereocenters. The molecule has 0 radical (unpaired) electrons. The van der Waals surface area contributed by atoms with E-state index in [9.17, 15) is 0 Å². The van der Waals surface area contributed by atoms with Crippen LogP contribution in [0, 0.1) is 51.2 Å². The first kappa shape index (κ1) is 64.3. The molecule has 0 bridgehead atoms. The third kappa shape index (κ3) is 15.6. The second-order valence-corrected chi connectivity index (χ2v) is 25.0. The normalized spacial score (nSPS) is 38.6. The molecular formula is C60H108O16. The van der Waals surface area contributed by atoms with E-state index < -0.39 is 43.1 Å². The van der Waals surface area contributed by atoms with E-state index in [-0.39, 0.29) is 53.2 Å². The van der Waals surface area contributed by atoms with E-state index in [1.54, 1.807) is 0 Å². The predicted octanol–water partition coefficient (Wildman–Crippen LogP) is 13.3. The van der Waals surface area contributed by atoms with E-state index in [0.29, 0.717) is 82.1 Å². The Kier molecular flexibility index (Phi) is 26.2. The number of hydrogen-bond donors (Lipinski definition) is 0. The molecule has 6 aliphatic rings. The molecule has 4 saturated carbocycles. The molecule has 4 aliphatic carbocycles. The summed E-state index contributed by atoms with van der Waals surface area (Å²) in [7, 11) is 0. The number of ether oxygens (including phenoxy) is 4.